The van der Waals surface area contributed by atoms with Gasteiger partial charge < -0.3 is 14.2 Å². The number of halogens is 1. The third kappa shape index (κ3) is 3.12. The Morgan fingerprint density at radius 3 is 2.26 bits per heavy atom. The van der Waals surface area contributed by atoms with Crippen molar-refractivity contribution in [2.45, 2.75) is 31.4 Å². The van der Waals surface area contributed by atoms with Crippen molar-refractivity contribution in [3.63, 3.8) is 0 Å². The summed E-state index contributed by atoms with van der Waals surface area (Å²) in [4.78, 5) is 0.0433. The molecule has 1 aliphatic rings. The summed E-state index contributed by atoms with van der Waals surface area (Å²) in [6, 6.07) is 12.4. The number of fused-ring (bicyclic) bond motifs is 1. The molecule has 1 atom stereocenters. The van der Waals surface area contributed by atoms with Crippen LogP contribution in [0.15, 0.2) is 36.4 Å². The zero-order valence-corrected chi connectivity index (χ0v) is 15.6. The maximum Gasteiger partial charge on any atom is 0.207 e. The van der Waals surface area contributed by atoms with Crippen molar-refractivity contribution in [3.05, 3.63) is 42.0 Å². The van der Waals surface area contributed by atoms with Crippen molar-refractivity contribution < 1.29 is 14.2 Å². The van der Waals surface area contributed by atoms with Gasteiger partial charge >= 0.3 is 0 Å². The van der Waals surface area contributed by atoms with Crippen LogP contribution >= 0.6 is 15.9 Å². The van der Waals surface area contributed by atoms with E-state index in [9.17, 15) is 0 Å². The van der Waals surface area contributed by atoms with E-state index in [-0.39, 0.29) is 10.2 Å². The lowest BCUT2D eigenvalue weighted by Gasteiger charge is -2.45. The Labute approximate surface area is 146 Å². The van der Waals surface area contributed by atoms with Gasteiger partial charge in [0.25, 0.3) is 0 Å². The van der Waals surface area contributed by atoms with Crippen molar-refractivity contribution in [2.75, 3.05) is 20.3 Å². The number of hydrogen-bond donors (Lipinski definition) is 0. The molecule has 0 radical (unpaired) electrons. The van der Waals surface area contributed by atoms with Crippen LogP contribution in [0.1, 0.15) is 26.3 Å². The van der Waals surface area contributed by atoms with Crippen molar-refractivity contribution >= 4 is 26.7 Å². The fourth-order valence-corrected chi connectivity index (χ4v) is 3.41. The molecule has 2 aromatic rings. The van der Waals surface area contributed by atoms with Gasteiger partial charge in [0.2, 0.25) is 5.79 Å². The second-order valence-corrected chi connectivity index (χ2v) is 8.33. The number of rotatable bonds is 3. The summed E-state index contributed by atoms with van der Waals surface area (Å²) in [6.07, 6.45) is 0. The molecule has 0 aromatic heterocycles. The average Bonchev–Trinajstić information content (AvgIpc) is 2.54. The molecule has 1 saturated heterocycles. The first-order chi connectivity index (χ1) is 10.9. The zero-order valence-electron chi connectivity index (χ0n) is 14.1. The lowest BCUT2D eigenvalue weighted by Crippen LogP contribution is -2.49. The van der Waals surface area contributed by atoms with E-state index in [4.69, 9.17) is 14.2 Å². The molecule has 1 aliphatic heterocycles. The predicted molar refractivity (Wildman–Crippen MR) is 96.3 cm³/mol. The topological polar surface area (TPSA) is 27.7 Å². The first-order valence-electron chi connectivity index (χ1n) is 7.87. The van der Waals surface area contributed by atoms with Crippen LogP contribution in [0.4, 0.5) is 0 Å². The number of benzene rings is 2. The Kier molecular flexibility index (Phi) is 4.43. The highest BCUT2D eigenvalue weighted by atomic mass is 79.9. The van der Waals surface area contributed by atoms with Gasteiger partial charge in [-0.15, -0.1) is 0 Å². The number of ether oxygens (including phenoxy) is 3. The van der Waals surface area contributed by atoms with E-state index in [1.807, 2.05) is 12.1 Å². The minimum atomic E-state index is -0.746. The van der Waals surface area contributed by atoms with Gasteiger partial charge in [-0.1, -0.05) is 48.0 Å². The van der Waals surface area contributed by atoms with Crippen LogP contribution in [0.2, 0.25) is 0 Å². The molecule has 0 N–H and O–H groups in total. The summed E-state index contributed by atoms with van der Waals surface area (Å²) in [5, 5.41) is 2.29. The van der Waals surface area contributed by atoms with E-state index in [2.05, 4.69) is 61.0 Å². The molecule has 1 heterocycles. The lowest BCUT2D eigenvalue weighted by molar-refractivity contribution is -0.305. The molecule has 124 valence electrons. The van der Waals surface area contributed by atoms with E-state index in [0.29, 0.717) is 13.2 Å². The fourth-order valence-electron chi connectivity index (χ4n) is 2.88. The zero-order chi connectivity index (χ0) is 16.7. The Morgan fingerprint density at radius 2 is 1.65 bits per heavy atom. The monoisotopic (exact) mass is 378 g/mol. The van der Waals surface area contributed by atoms with Crippen LogP contribution in [0, 0.1) is 5.41 Å². The maximum atomic E-state index is 6.23. The summed E-state index contributed by atoms with van der Waals surface area (Å²) >= 11 is 3.68. The molecule has 0 saturated carbocycles. The fraction of sp³-hybridized carbons (Fsp3) is 0.474. The molecule has 0 aliphatic carbocycles. The highest BCUT2D eigenvalue weighted by Gasteiger charge is 2.45. The van der Waals surface area contributed by atoms with E-state index in [0.717, 1.165) is 22.1 Å². The third-order valence-corrected chi connectivity index (χ3v) is 4.93. The van der Waals surface area contributed by atoms with Crippen LogP contribution in [0.25, 0.3) is 10.8 Å². The molecule has 0 unspecified atom stereocenters. The highest BCUT2D eigenvalue weighted by Crippen LogP contribution is 2.42. The maximum absolute atomic E-state index is 6.23. The SMILES string of the molecule is COc1ccc2cc(C3([C@H](C)Br)OCC(C)(C)CO3)ccc2c1. The van der Waals surface area contributed by atoms with Crippen LogP contribution in [-0.2, 0) is 15.3 Å². The number of alkyl halides is 1. The molecule has 0 amide bonds. The quantitative estimate of drug-likeness (QED) is 0.713. The Hall–Kier alpha value is -1.10. The third-order valence-electron chi connectivity index (χ3n) is 4.33. The minimum Gasteiger partial charge on any atom is -0.497 e. The minimum absolute atomic E-state index is 0.0373. The van der Waals surface area contributed by atoms with Gasteiger partial charge in [-0.05, 0) is 35.9 Å². The molecule has 3 rings (SSSR count). The molecule has 1 fully saturated rings. The molecule has 2 aromatic carbocycles. The van der Waals surface area contributed by atoms with Crippen molar-refractivity contribution in [3.8, 4) is 5.75 Å². The average molecular weight is 379 g/mol. The van der Waals surface area contributed by atoms with Gasteiger partial charge in [0.15, 0.2) is 0 Å². The molecule has 4 heteroatoms. The summed E-state index contributed by atoms with van der Waals surface area (Å²) in [7, 11) is 1.68. The van der Waals surface area contributed by atoms with Gasteiger partial charge in [-0.25, -0.2) is 0 Å². The summed E-state index contributed by atoms with van der Waals surface area (Å²) < 4.78 is 17.7. The summed E-state index contributed by atoms with van der Waals surface area (Å²) in [5.74, 6) is 0.115. The molecule has 0 bridgehead atoms. The van der Waals surface area contributed by atoms with E-state index in [1.165, 1.54) is 0 Å². The van der Waals surface area contributed by atoms with Crippen LogP contribution in [0.3, 0.4) is 0 Å². The second-order valence-electron chi connectivity index (χ2n) is 6.95. The van der Waals surface area contributed by atoms with Gasteiger partial charge in [0, 0.05) is 11.0 Å². The first kappa shape index (κ1) is 16.7. The summed E-state index contributed by atoms with van der Waals surface area (Å²) in [6.45, 7) is 7.72. The van der Waals surface area contributed by atoms with Crippen LogP contribution in [0.5, 0.6) is 5.75 Å². The molecular formula is C19H23BrO3. The normalized spacial score (nSPS) is 21.1. The highest BCUT2D eigenvalue weighted by molar-refractivity contribution is 9.09. The smallest absolute Gasteiger partial charge is 0.207 e. The molecular weight excluding hydrogens is 356 g/mol. The van der Waals surface area contributed by atoms with Gasteiger partial charge in [-0.3, -0.25) is 0 Å². The van der Waals surface area contributed by atoms with Gasteiger partial charge in [0.1, 0.15) is 5.75 Å². The van der Waals surface area contributed by atoms with E-state index < -0.39 is 5.79 Å². The number of methoxy groups -OCH3 is 1. The Morgan fingerprint density at radius 1 is 1.04 bits per heavy atom. The largest absolute Gasteiger partial charge is 0.497 e. The van der Waals surface area contributed by atoms with Crippen molar-refractivity contribution in [2.24, 2.45) is 5.41 Å². The Bertz CT molecular complexity index is 699. The summed E-state index contributed by atoms with van der Waals surface area (Å²) in [5.41, 5.74) is 1.07. The molecule has 0 spiro atoms. The predicted octanol–water partition coefficient (Wildman–Crippen LogP) is 4.86. The van der Waals surface area contributed by atoms with Gasteiger partial charge in [0.05, 0.1) is 25.2 Å². The number of hydrogen-bond acceptors (Lipinski definition) is 3. The molecule has 23 heavy (non-hydrogen) atoms. The van der Waals surface area contributed by atoms with E-state index >= 15 is 0 Å². The lowest BCUT2D eigenvalue weighted by atomic mass is 9.92. The standard InChI is InChI=1S/C19H23BrO3/c1-13(20)19(22-11-18(2,3)12-23-19)16-7-5-15-10-17(21-4)8-6-14(15)9-16/h5-10,13H,11-12H2,1-4H3/t13-/m0/s1. The molecule has 3 nitrogen and oxygen atoms in total. The van der Waals surface area contributed by atoms with Crippen LogP contribution in [-0.4, -0.2) is 25.2 Å². The van der Waals surface area contributed by atoms with Crippen molar-refractivity contribution in [1.82, 2.24) is 0 Å². The second kappa shape index (κ2) is 6.08. The van der Waals surface area contributed by atoms with Crippen LogP contribution < -0.4 is 4.74 Å². The first-order valence-corrected chi connectivity index (χ1v) is 8.78. The van der Waals surface area contributed by atoms with Crippen molar-refractivity contribution in [1.29, 1.82) is 0 Å². The Balaban J connectivity index is 2.02. The van der Waals surface area contributed by atoms with E-state index in [1.54, 1.807) is 7.11 Å². The van der Waals surface area contributed by atoms with Gasteiger partial charge in [-0.2, -0.15) is 0 Å².